The van der Waals surface area contributed by atoms with Gasteiger partial charge in [-0.2, -0.15) is 0 Å². The van der Waals surface area contributed by atoms with Crippen molar-refractivity contribution in [3.8, 4) is 17.0 Å². The topological polar surface area (TPSA) is 80.8 Å². The molecule has 0 aliphatic carbocycles. The molecule has 3 rings (SSSR count). The molecule has 1 N–H and O–H groups in total. The summed E-state index contributed by atoms with van der Waals surface area (Å²) < 4.78 is 11.0. The van der Waals surface area contributed by atoms with Crippen LogP contribution in [0.2, 0.25) is 0 Å². The molecule has 2 amide bonds. The summed E-state index contributed by atoms with van der Waals surface area (Å²) in [5, 5.41) is 2.49. The molecule has 0 unspecified atom stereocenters. The van der Waals surface area contributed by atoms with E-state index in [-0.39, 0.29) is 12.5 Å². The molecule has 0 radical (unpaired) electrons. The van der Waals surface area contributed by atoms with Crippen LogP contribution >= 0.6 is 0 Å². The lowest BCUT2D eigenvalue weighted by atomic mass is 10.1. The number of nitrogens with zero attached hydrogens (tertiary/aromatic N) is 2. The van der Waals surface area contributed by atoms with Crippen LogP contribution in [0.5, 0.6) is 5.75 Å². The number of hydrogen-bond acceptors (Lipinski definition) is 5. The third kappa shape index (κ3) is 4.49. The summed E-state index contributed by atoms with van der Waals surface area (Å²) in [6.45, 7) is 5.34. The first kappa shape index (κ1) is 19.4. The lowest BCUT2D eigenvalue weighted by Crippen LogP contribution is -2.32. The molecule has 2 heterocycles. The molecule has 1 aromatic carbocycles. The van der Waals surface area contributed by atoms with E-state index in [1.54, 1.807) is 34.0 Å². The fourth-order valence-corrected chi connectivity index (χ4v) is 2.69. The Morgan fingerprint density at radius 1 is 1.29 bits per heavy atom. The molecule has 0 saturated carbocycles. The van der Waals surface area contributed by atoms with Gasteiger partial charge in [0, 0.05) is 25.0 Å². The number of carbonyl (C=O) groups is 2. The van der Waals surface area contributed by atoms with Crippen LogP contribution in [0.4, 0.5) is 10.5 Å². The summed E-state index contributed by atoms with van der Waals surface area (Å²) in [7, 11) is 1.67. The van der Waals surface area contributed by atoms with Crippen LogP contribution < -0.4 is 15.0 Å². The number of ether oxygens (including phenoxy) is 2. The van der Waals surface area contributed by atoms with Gasteiger partial charge in [-0.1, -0.05) is 6.07 Å². The molecule has 0 bridgehead atoms. The maximum Gasteiger partial charge on any atom is 0.411 e. The number of aromatic nitrogens is 1. The zero-order valence-electron chi connectivity index (χ0n) is 16.4. The molecule has 0 fully saturated rings. The highest BCUT2D eigenvalue weighted by Crippen LogP contribution is 2.35. The molecule has 146 valence electrons. The number of hydrogen-bond donors (Lipinski definition) is 1. The first-order valence-electron chi connectivity index (χ1n) is 8.89. The van der Waals surface area contributed by atoms with E-state index in [0.717, 1.165) is 11.3 Å². The molecule has 1 aliphatic heterocycles. The van der Waals surface area contributed by atoms with E-state index >= 15 is 0 Å². The normalized spacial score (nSPS) is 15.5. The minimum absolute atomic E-state index is 0.0366. The van der Waals surface area contributed by atoms with Gasteiger partial charge in [0.2, 0.25) is 0 Å². The van der Waals surface area contributed by atoms with Crippen LogP contribution in [-0.2, 0) is 9.53 Å². The second-order valence-corrected chi connectivity index (χ2v) is 7.37. The fraction of sp³-hybridized carbons (Fsp3) is 0.286. The van der Waals surface area contributed by atoms with Crippen LogP contribution in [0.25, 0.3) is 11.3 Å². The van der Waals surface area contributed by atoms with Crippen LogP contribution in [0.3, 0.4) is 0 Å². The van der Waals surface area contributed by atoms with Crippen molar-refractivity contribution in [1.82, 2.24) is 10.3 Å². The van der Waals surface area contributed by atoms with Crippen LogP contribution in [-0.4, -0.2) is 36.2 Å². The quantitative estimate of drug-likeness (QED) is 0.805. The van der Waals surface area contributed by atoms with E-state index in [2.05, 4.69) is 10.3 Å². The third-order valence-electron chi connectivity index (χ3n) is 4.01. The number of fused-ring (bicyclic) bond motifs is 1. The highest BCUT2D eigenvalue weighted by Gasteiger charge is 2.25. The molecule has 2 aromatic rings. The average molecular weight is 381 g/mol. The Kier molecular flexibility index (Phi) is 5.35. The van der Waals surface area contributed by atoms with Crippen LogP contribution in [0.15, 0.2) is 54.4 Å². The lowest BCUT2D eigenvalue weighted by molar-refractivity contribution is -0.115. The SMILES string of the molecule is CN1C(=O)/C(=C\NC(=O)OC(C)(C)C)COc2ccc(-c3ccccn3)cc21. The number of anilines is 1. The van der Waals surface area contributed by atoms with E-state index in [4.69, 9.17) is 9.47 Å². The van der Waals surface area contributed by atoms with Gasteiger partial charge in [0.05, 0.1) is 17.0 Å². The summed E-state index contributed by atoms with van der Waals surface area (Å²) in [6.07, 6.45) is 2.42. The Morgan fingerprint density at radius 2 is 2.07 bits per heavy atom. The summed E-state index contributed by atoms with van der Waals surface area (Å²) in [6, 6.07) is 11.2. The van der Waals surface area contributed by atoms with Crippen molar-refractivity contribution in [1.29, 1.82) is 0 Å². The number of benzene rings is 1. The molecule has 0 spiro atoms. The number of rotatable bonds is 2. The zero-order chi connectivity index (χ0) is 20.3. The van der Waals surface area contributed by atoms with Gasteiger partial charge in [-0.25, -0.2) is 4.79 Å². The van der Waals surface area contributed by atoms with E-state index in [0.29, 0.717) is 17.0 Å². The van der Waals surface area contributed by atoms with E-state index in [1.165, 1.54) is 11.1 Å². The molecular weight excluding hydrogens is 358 g/mol. The summed E-state index contributed by atoms with van der Waals surface area (Å²) in [4.78, 5) is 30.5. The number of carbonyl (C=O) groups excluding carboxylic acids is 2. The Hall–Kier alpha value is -3.35. The van der Waals surface area contributed by atoms with Gasteiger partial charge in [0.25, 0.3) is 5.91 Å². The van der Waals surface area contributed by atoms with Gasteiger partial charge in [-0.05, 0) is 51.1 Å². The molecule has 0 atom stereocenters. The highest BCUT2D eigenvalue weighted by atomic mass is 16.6. The second kappa shape index (κ2) is 7.72. The monoisotopic (exact) mass is 381 g/mol. The second-order valence-electron chi connectivity index (χ2n) is 7.37. The standard InChI is InChI=1S/C21H23N3O4/c1-21(2,3)28-20(26)23-12-15-13-27-18-9-8-14(16-7-5-6-10-22-16)11-17(18)24(4)19(15)25/h5-12H,13H2,1-4H3,(H,23,26)/b15-12-. The molecule has 28 heavy (non-hydrogen) atoms. The average Bonchev–Trinajstić information content (AvgIpc) is 2.77. The summed E-state index contributed by atoms with van der Waals surface area (Å²) >= 11 is 0. The molecular formula is C21H23N3O4. The van der Waals surface area contributed by atoms with E-state index < -0.39 is 11.7 Å². The minimum atomic E-state index is -0.630. The van der Waals surface area contributed by atoms with Crippen molar-refractivity contribution >= 4 is 17.7 Å². The van der Waals surface area contributed by atoms with Gasteiger partial charge in [-0.15, -0.1) is 0 Å². The van der Waals surface area contributed by atoms with Crippen molar-refractivity contribution in [2.45, 2.75) is 26.4 Å². The molecule has 1 aromatic heterocycles. The maximum atomic E-state index is 12.8. The summed E-state index contributed by atoms with van der Waals surface area (Å²) in [5.74, 6) is 0.309. The lowest BCUT2D eigenvalue weighted by Gasteiger charge is -2.19. The summed E-state index contributed by atoms with van der Waals surface area (Å²) in [5.41, 5.74) is 2.00. The van der Waals surface area contributed by atoms with E-state index in [9.17, 15) is 9.59 Å². The minimum Gasteiger partial charge on any atom is -0.486 e. The van der Waals surface area contributed by atoms with Gasteiger partial charge < -0.3 is 14.4 Å². The number of likely N-dealkylation sites (N-methyl/N-ethyl adjacent to an activating group) is 1. The van der Waals surface area contributed by atoms with Gasteiger partial charge in [0.15, 0.2) is 0 Å². The van der Waals surface area contributed by atoms with Crippen LogP contribution in [0, 0.1) is 0 Å². The Morgan fingerprint density at radius 3 is 2.75 bits per heavy atom. The Balaban J connectivity index is 1.82. The van der Waals surface area contributed by atoms with Crippen molar-refractivity contribution in [3.63, 3.8) is 0 Å². The first-order valence-corrected chi connectivity index (χ1v) is 8.89. The largest absolute Gasteiger partial charge is 0.486 e. The van der Waals surface area contributed by atoms with Crippen molar-refractivity contribution in [2.24, 2.45) is 0 Å². The smallest absolute Gasteiger partial charge is 0.411 e. The van der Waals surface area contributed by atoms with Crippen molar-refractivity contribution in [3.05, 3.63) is 54.4 Å². The predicted molar refractivity (Wildman–Crippen MR) is 106 cm³/mol. The number of pyridine rings is 1. The van der Waals surface area contributed by atoms with Gasteiger partial charge in [0.1, 0.15) is 18.0 Å². The van der Waals surface area contributed by atoms with Crippen molar-refractivity contribution in [2.75, 3.05) is 18.6 Å². The maximum absolute atomic E-state index is 12.8. The number of nitrogens with one attached hydrogen (secondary N) is 1. The molecule has 7 heteroatoms. The number of alkyl carbamates (subject to hydrolysis) is 1. The van der Waals surface area contributed by atoms with E-state index in [1.807, 2.05) is 36.4 Å². The highest BCUT2D eigenvalue weighted by molar-refractivity contribution is 6.07. The van der Waals surface area contributed by atoms with Gasteiger partial charge in [-0.3, -0.25) is 15.1 Å². The Bertz CT molecular complexity index is 917. The predicted octanol–water partition coefficient (Wildman–Crippen LogP) is 3.51. The van der Waals surface area contributed by atoms with Gasteiger partial charge >= 0.3 is 6.09 Å². The molecule has 7 nitrogen and oxygen atoms in total. The zero-order valence-corrected chi connectivity index (χ0v) is 16.4. The van der Waals surface area contributed by atoms with Crippen molar-refractivity contribution < 1.29 is 19.1 Å². The molecule has 1 aliphatic rings. The number of amides is 2. The Labute approximate surface area is 164 Å². The fourth-order valence-electron chi connectivity index (χ4n) is 2.69. The van der Waals surface area contributed by atoms with Crippen LogP contribution in [0.1, 0.15) is 20.8 Å². The third-order valence-corrected chi connectivity index (χ3v) is 4.01. The first-order chi connectivity index (χ1) is 13.2. The molecule has 0 saturated heterocycles.